The minimum absolute atomic E-state index is 0.0980. The van der Waals surface area contributed by atoms with E-state index in [0.29, 0.717) is 56.1 Å². The van der Waals surface area contributed by atoms with Crippen LogP contribution in [-0.4, -0.2) is 72.2 Å². The Morgan fingerprint density at radius 3 is 2.62 bits per heavy atom. The number of carbonyl (C=O) groups excluding carboxylic acids is 3. The Morgan fingerprint density at radius 1 is 1.16 bits per heavy atom. The summed E-state index contributed by atoms with van der Waals surface area (Å²) >= 11 is 0. The largest absolute Gasteiger partial charge is 0.382 e. The van der Waals surface area contributed by atoms with Crippen LogP contribution in [0.2, 0.25) is 0 Å². The molecule has 3 N–H and O–H groups in total. The number of anilines is 1. The third-order valence-electron chi connectivity index (χ3n) is 4.77. The van der Waals surface area contributed by atoms with Crippen molar-refractivity contribution in [2.24, 2.45) is 0 Å². The maximum atomic E-state index is 13.1. The van der Waals surface area contributed by atoms with Gasteiger partial charge in [0.05, 0.1) is 31.8 Å². The number of nitrogens with one attached hydrogen (secondary N) is 3. The first kappa shape index (κ1) is 23.3. The Morgan fingerprint density at radius 2 is 1.91 bits per heavy atom. The standard InChI is InChI=1S/C20H26N6O6/c1-13(27)21-7-9-31-11-12-32-10-8-22-14-3-2-4-15-18(14)20(30)26(25-24-15)16-5-6-17(28)23-19(16)29/h2-4,16,22H,5-12H2,1H3,(H,21,27)(H,23,28,29). The maximum Gasteiger partial charge on any atom is 0.280 e. The van der Waals surface area contributed by atoms with E-state index in [1.54, 1.807) is 18.2 Å². The van der Waals surface area contributed by atoms with Gasteiger partial charge < -0.3 is 20.1 Å². The zero-order valence-electron chi connectivity index (χ0n) is 17.8. The monoisotopic (exact) mass is 446 g/mol. The third-order valence-corrected chi connectivity index (χ3v) is 4.77. The van der Waals surface area contributed by atoms with E-state index in [-0.39, 0.29) is 24.7 Å². The highest BCUT2D eigenvalue weighted by atomic mass is 16.5. The van der Waals surface area contributed by atoms with E-state index in [1.807, 2.05) is 0 Å². The second-order valence-electron chi connectivity index (χ2n) is 7.14. The van der Waals surface area contributed by atoms with Crippen LogP contribution in [0.1, 0.15) is 25.8 Å². The summed E-state index contributed by atoms with van der Waals surface area (Å²) in [6, 6.07) is 4.28. The number of amides is 3. The lowest BCUT2D eigenvalue weighted by molar-refractivity contribution is -0.136. The molecule has 0 bridgehead atoms. The van der Waals surface area contributed by atoms with Crippen LogP contribution in [0.15, 0.2) is 23.0 Å². The predicted molar refractivity (Wildman–Crippen MR) is 114 cm³/mol. The van der Waals surface area contributed by atoms with Gasteiger partial charge in [-0.25, -0.2) is 0 Å². The van der Waals surface area contributed by atoms with Gasteiger partial charge in [0.1, 0.15) is 11.6 Å². The molecule has 172 valence electrons. The van der Waals surface area contributed by atoms with Gasteiger partial charge in [-0.1, -0.05) is 11.3 Å². The van der Waals surface area contributed by atoms with Crippen molar-refractivity contribution in [3.05, 3.63) is 28.6 Å². The van der Waals surface area contributed by atoms with E-state index in [2.05, 4.69) is 26.3 Å². The van der Waals surface area contributed by atoms with E-state index >= 15 is 0 Å². The van der Waals surface area contributed by atoms with Gasteiger partial charge in [-0.2, -0.15) is 4.68 Å². The maximum absolute atomic E-state index is 13.1. The Kier molecular flexibility index (Phi) is 8.22. The van der Waals surface area contributed by atoms with Crippen molar-refractivity contribution in [2.45, 2.75) is 25.8 Å². The van der Waals surface area contributed by atoms with Crippen molar-refractivity contribution >= 4 is 34.3 Å². The molecule has 1 atom stereocenters. The highest BCUT2D eigenvalue weighted by Gasteiger charge is 2.30. The molecule has 1 fully saturated rings. The average Bonchev–Trinajstić information content (AvgIpc) is 2.75. The van der Waals surface area contributed by atoms with E-state index in [0.717, 1.165) is 4.68 Å². The van der Waals surface area contributed by atoms with Crippen LogP contribution in [0.3, 0.4) is 0 Å². The zero-order chi connectivity index (χ0) is 22.9. The quantitative estimate of drug-likeness (QED) is 0.302. The summed E-state index contributed by atoms with van der Waals surface area (Å²) in [7, 11) is 0. The van der Waals surface area contributed by atoms with Crippen LogP contribution in [-0.2, 0) is 23.9 Å². The SMILES string of the molecule is CC(=O)NCCOCCOCCNc1cccc2nnn(C3CCC(=O)NC3=O)c(=O)c12. The Balaban J connectivity index is 1.54. The fourth-order valence-corrected chi connectivity index (χ4v) is 3.25. The fraction of sp³-hybridized carbons (Fsp3) is 0.500. The van der Waals surface area contributed by atoms with Crippen LogP contribution in [0.4, 0.5) is 5.69 Å². The molecular formula is C20H26N6O6. The van der Waals surface area contributed by atoms with Gasteiger partial charge in [0.25, 0.3) is 11.5 Å². The number of rotatable bonds is 11. The van der Waals surface area contributed by atoms with Crippen LogP contribution in [0.5, 0.6) is 0 Å². The average molecular weight is 446 g/mol. The van der Waals surface area contributed by atoms with Gasteiger partial charge >= 0.3 is 0 Å². The summed E-state index contributed by atoms with van der Waals surface area (Å²) in [6.07, 6.45) is 0.331. The molecule has 12 heteroatoms. The summed E-state index contributed by atoms with van der Waals surface area (Å²) < 4.78 is 11.9. The number of hydrogen-bond acceptors (Lipinski definition) is 9. The summed E-state index contributed by atoms with van der Waals surface area (Å²) in [5.74, 6) is -1.03. The lowest BCUT2D eigenvalue weighted by Gasteiger charge is -2.21. The molecule has 0 aliphatic carbocycles. The Hall–Kier alpha value is -3.38. The molecule has 1 aliphatic heterocycles. The fourth-order valence-electron chi connectivity index (χ4n) is 3.25. The first-order valence-electron chi connectivity index (χ1n) is 10.3. The molecule has 1 aromatic carbocycles. The van der Waals surface area contributed by atoms with Crippen LogP contribution in [0, 0.1) is 0 Å². The number of piperidine rings is 1. The van der Waals surface area contributed by atoms with Gasteiger partial charge in [0, 0.05) is 32.1 Å². The second-order valence-corrected chi connectivity index (χ2v) is 7.14. The van der Waals surface area contributed by atoms with Crippen molar-refractivity contribution in [1.29, 1.82) is 0 Å². The highest BCUT2D eigenvalue weighted by molar-refractivity contribution is 5.99. The molecule has 1 aromatic heterocycles. The van der Waals surface area contributed by atoms with Gasteiger partial charge in [0.15, 0.2) is 0 Å². The molecule has 32 heavy (non-hydrogen) atoms. The number of aromatic nitrogens is 3. The van der Waals surface area contributed by atoms with Gasteiger partial charge in [-0.15, -0.1) is 5.10 Å². The highest BCUT2D eigenvalue weighted by Crippen LogP contribution is 2.20. The van der Waals surface area contributed by atoms with Crippen LogP contribution < -0.4 is 21.5 Å². The summed E-state index contributed by atoms with van der Waals surface area (Å²) in [5, 5.41) is 16.3. The van der Waals surface area contributed by atoms with Crippen LogP contribution >= 0.6 is 0 Å². The number of imide groups is 1. The molecule has 1 unspecified atom stereocenters. The smallest absolute Gasteiger partial charge is 0.280 e. The molecule has 2 heterocycles. The van der Waals surface area contributed by atoms with Crippen molar-refractivity contribution in [1.82, 2.24) is 25.6 Å². The predicted octanol–water partition coefficient (Wildman–Crippen LogP) is -0.650. The number of ether oxygens (including phenoxy) is 2. The number of hydrogen-bond donors (Lipinski definition) is 3. The van der Waals surface area contributed by atoms with E-state index < -0.39 is 17.5 Å². The van der Waals surface area contributed by atoms with Gasteiger partial charge in [0.2, 0.25) is 11.8 Å². The van der Waals surface area contributed by atoms with E-state index in [4.69, 9.17) is 9.47 Å². The molecule has 0 radical (unpaired) electrons. The number of nitrogens with zero attached hydrogens (tertiary/aromatic N) is 3. The lowest BCUT2D eigenvalue weighted by Crippen LogP contribution is -2.45. The van der Waals surface area contributed by atoms with E-state index in [9.17, 15) is 19.2 Å². The first-order chi connectivity index (χ1) is 15.5. The summed E-state index contributed by atoms with van der Waals surface area (Å²) in [4.78, 5) is 47.3. The van der Waals surface area contributed by atoms with Crippen LogP contribution in [0.25, 0.3) is 10.9 Å². The lowest BCUT2D eigenvalue weighted by atomic mass is 10.1. The minimum Gasteiger partial charge on any atom is -0.382 e. The number of benzene rings is 1. The van der Waals surface area contributed by atoms with Crippen molar-refractivity contribution in [3.8, 4) is 0 Å². The molecule has 1 saturated heterocycles. The molecule has 0 spiro atoms. The topological polar surface area (TPSA) is 154 Å². The minimum atomic E-state index is -0.876. The van der Waals surface area contributed by atoms with E-state index in [1.165, 1.54) is 6.92 Å². The molecule has 1 aliphatic rings. The molecular weight excluding hydrogens is 420 g/mol. The van der Waals surface area contributed by atoms with Crippen molar-refractivity contribution in [2.75, 3.05) is 44.8 Å². The number of carbonyl (C=O) groups is 3. The zero-order valence-corrected chi connectivity index (χ0v) is 17.8. The normalized spacial score (nSPS) is 16.1. The molecule has 12 nitrogen and oxygen atoms in total. The number of fused-ring (bicyclic) bond motifs is 1. The summed E-state index contributed by atoms with van der Waals surface area (Å²) in [5.41, 5.74) is 0.497. The molecule has 3 amide bonds. The van der Waals surface area contributed by atoms with Crippen molar-refractivity contribution in [3.63, 3.8) is 0 Å². The Labute approximate surface area is 183 Å². The third kappa shape index (κ3) is 6.08. The Bertz CT molecular complexity index is 1040. The van der Waals surface area contributed by atoms with Crippen molar-refractivity contribution < 1.29 is 23.9 Å². The second kappa shape index (κ2) is 11.3. The summed E-state index contributed by atoms with van der Waals surface area (Å²) in [6.45, 7) is 3.93. The van der Waals surface area contributed by atoms with Gasteiger partial charge in [-0.3, -0.25) is 24.5 Å². The first-order valence-corrected chi connectivity index (χ1v) is 10.3. The molecule has 3 rings (SSSR count). The molecule has 2 aromatic rings. The van der Waals surface area contributed by atoms with Gasteiger partial charge in [-0.05, 0) is 18.6 Å². The molecule has 0 saturated carbocycles.